The van der Waals surface area contributed by atoms with E-state index in [0.717, 1.165) is 0 Å². The molecule has 7 nitrogen and oxygen atoms in total. The molecule has 0 atom stereocenters. The number of rotatable bonds is 5. The van der Waals surface area contributed by atoms with Crippen molar-refractivity contribution >= 4 is 17.8 Å². The molecule has 0 aliphatic carbocycles. The molecule has 0 aliphatic heterocycles. The number of hydrogen-bond donors (Lipinski definition) is 2. The van der Waals surface area contributed by atoms with Gasteiger partial charge in [-0.25, -0.2) is 5.43 Å². The number of carbonyl (C=O) groups excluding carboxylic acids is 1. The van der Waals surface area contributed by atoms with Crippen molar-refractivity contribution in [2.24, 2.45) is 5.10 Å². The van der Waals surface area contributed by atoms with Gasteiger partial charge >= 0.3 is 0 Å². The Balaban J connectivity index is 1.89. The highest BCUT2D eigenvalue weighted by Crippen LogP contribution is 2.12. The number of nitro benzene ring substituents is 1. The summed E-state index contributed by atoms with van der Waals surface area (Å²) in [5.41, 5.74) is 3.63. The first-order valence-electron chi connectivity index (χ1n) is 6.39. The Hall–Kier alpha value is -3.22. The van der Waals surface area contributed by atoms with Crippen LogP contribution < -0.4 is 5.43 Å². The van der Waals surface area contributed by atoms with Crippen LogP contribution in [-0.2, 0) is 11.2 Å². The van der Waals surface area contributed by atoms with Crippen LogP contribution in [0.25, 0.3) is 0 Å². The molecule has 0 radical (unpaired) electrons. The van der Waals surface area contributed by atoms with Crippen LogP contribution in [-0.4, -0.2) is 22.2 Å². The number of non-ortho nitro benzene ring substituents is 1. The van der Waals surface area contributed by atoms with Gasteiger partial charge in [-0.2, -0.15) is 5.10 Å². The minimum atomic E-state index is -0.497. The van der Waals surface area contributed by atoms with Gasteiger partial charge in [0.25, 0.3) is 5.69 Å². The lowest BCUT2D eigenvalue weighted by atomic mass is 10.1. The summed E-state index contributed by atoms with van der Waals surface area (Å²) >= 11 is 0. The fourth-order valence-electron chi connectivity index (χ4n) is 1.74. The van der Waals surface area contributed by atoms with Gasteiger partial charge in [0.15, 0.2) is 0 Å². The number of phenols is 1. The molecule has 0 heterocycles. The van der Waals surface area contributed by atoms with Crippen LogP contribution in [0.15, 0.2) is 53.6 Å². The summed E-state index contributed by atoms with van der Waals surface area (Å²) in [5, 5.41) is 23.6. The number of benzene rings is 2. The number of hydrogen-bond acceptors (Lipinski definition) is 5. The van der Waals surface area contributed by atoms with Crippen molar-refractivity contribution in [1.29, 1.82) is 0 Å². The molecule has 0 aliphatic rings. The summed E-state index contributed by atoms with van der Waals surface area (Å²) in [6.07, 6.45) is 1.48. The molecule has 2 aromatic carbocycles. The second-order valence-electron chi connectivity index (χ2n) is 4.49. The van der Waals surface area contributed by atoms with Crippen molar-refractivity contribution in [3.63, 3.8) is 0 Å². The van der Waals surface area contributed by atoms with Crippen molar-refractivity contribution in [3.8, 4) is 5.75 Å². The molecule has 0 fully saturated rings. The Kier molecular flexibility index (Phi) is 4.81. The van der Waals surface area contributed by atoms with Gasteiger partial charge in [0.1, 0.15) is 5.75 Å². The number of nitrogens with one attached hydrogen (secondary N) is 1. The van der Waals surface area contributed by atoms with Gasteiger partial charge in [0.05, 0.1) is 17.6 Å². The summed E-state index contributed by atoms with van der Waals surface area (Å²) < 4.78 is 0. The van der Waals surface area contributed by atoms with Crippen LogP contribution in [0, 0.1) is 10.1 Å². The maximum atomic E-state index is 11.7. The quantitative estimate of drug-likeness (QED) is 0.500. The Labute approximate surface area is 126 Å². The number of carbonyl (C=O) groups is 1. The minimum absolute atomic E-state index is 0.0222. The van der Waals surface area contributed by atoms with Crippen LogP contribution in [0.3, 0.4) is 0 Å². The first-order valence-corrected chi connectivity index (χ1v) is 6.39. The van der Waals surface area contributed by atoms with Gasteiger partial charge in [-0.05, 0) is 23.3 Å². The molecule has 1 amide bonds. The summed E-state index contributed by atoms with van der Waals surface area (Å²) in [7, 11) is 0. The van der Waals surface area contributed by atoms with Crippen LogP contribution >= 0.6 is 0 Å². The molecule has 0 unspecified atom stereocenters. The molecule has 0 saturated heterocycles. The van der Waals surface area contributed by atoms with Crippen molar-refractivity contribution < 1.29 is 14.8 Å². The van der Waals surface area contributed by atoms with E-state index in [4.69, 9.17) is 0 Å². The average Bonchev–Trinajstić information content (AvgIpc) is 2.48. The van der Waals surface area contributed by atoms with Crippen molar-refractivity contribution in [2.45, 2.75) is 6.42 Å². The van der Waals surface area contributed by atoms with E-state index < -0.39 is 4.92 Å². The molecular weight excluding hydrogens is 286 g/mol. The summed E-state index contributed by atoms with van der Waals surface area (Å²) in [4.78, 5) is 21.7. The van der Waals surface area contributed by atoms with E-state index >= 15 is 0 Å². The van der Waals surface area contributed by atoms with Crippen molar-refractivity contribution in [2.75, 3.05) is 0 Å². The topological polar surface area (TPSA) is 105 Å². The molecule has 112 valence electrons. The molecule has 7 heteroatoms. The Morgan fingerprint density at radius 2 is 2.00 bits per heavy atom. The van der Waals surface area contributed by atoms with E-state index in [2.05, 4.69) is 10.5 Å². The van der Waals surface area contributed by atoms with Gasteiger partial charge in [-0.1, -0.05) is 24.3 Å². The number of phenolic OH excluding ortho intramolecular Hbond substituents is 1. The lowest BCUT2D eigenvalue weighted by molar-refractivity contribution is -0.384. The molecule has 0 aromatic heterocycles. The van der Waals surface area contributed by atoms with Crippen molar-refractivity contribution in [1.82, 2.24) is 5.43 Å². The van der Waals surface area contributed by atoms with E-state index in [1.807, 2.05) is 0 Å². The molecular formula is C15H13N3O4. The third kappa shape index (κ3) is 4.41. The molecule has 2 aromatic rings. The molecule has 0 spiro atoms. The lowest BCUT2D eigenvalue weighted by Gasteiger charge is -2.00. The maximum absolute atomic E-state index is 11.7. The normalized spacial score (nSPS) is 10.5. The maximum Gasteiger partial charge on any atom is 0.269 e. The standard InChI is InChI=1S/C15H13N3O4/c19-14-3-1-2-12(8-14)10-16-17-15(20)9-11-4-6-13(7-5-11)18(21)22/h1-8,10,19H,9H2,(H,17,20)/b16-10+. The monoisotopic (exact) mass is 299 g/mol. The van der Waals surface area contributed by atoms with E-state index in [0.29, 0.717) is 11.1 Å². The van der Waals surface area contributed by atoms with Gasteiger partial charge in [0, 0.05) is 12.1 Å². The number of nitrogens with zero attached hydrogens (tertiary/aromatic N) is 2. The molecule has 22 heavy (non-hydrogen) atoms. The van der Waals surface area contributed by atoms with Crippen LogP contribution in [0.2, 0.25) is 0 Å². The second kappa shape index (κ2) is 6.98. The summed E-state index contributed by atoms with van der Waals surface area (Å²) in [6, 6.07) is 12.2. The lowest BCUT2D eigenvalue weighted by Crippen LogP contribution is -2.19. The van der Waals surface area contributed by atoms with E-state index in [1.54, 1.807) is 12.1 Å². The highest BCUT2D eigenvalue weighted by molar-refractivity contribution is 5.83. The summed E-state index contributed by atoms with van der Waals surface area (Å²) in [5.74, 6) is -0.230. The fraction of sp³-hybridized carbons (Fsp3) is 0.0667. The molecule has 2 rings (SSSR count). The first-order chi connectivity index (χ1) is 10.5. The highest BCUT2D eigenvalue weighted by atomic mass is 16.6. The Morgan fingerprint density at radius 3 is 2.64 bits per heavy atom. The first kappa shape index (κ1) is 15.2. The van der Waals surface area contributed by atoms with E-state index in [1.165, 1.54) is 42.6 Å². The zero-order chi connectivity index (χ0) is 15.9. The van der Waals surface area contributed by atoms with Gasteiger partial charge in [0.2, 0.25) is 5.91 Å². The predicted molar refractivity (Wildman–Crippen MR) is 80.6 cm³/mol. The Morgan fingerprint density at radius 1 is 1.27 bits per heavy atom. The number of amides is 1. The average molecular weight is 299 g/mol. The van der Waals surface area contributed by atoms with Gasteiger partial charge < -0.3 is 5.11 Å². The predicted octanol–water partition coefficient (Wildman–Crippen LogP) is 1.99. The van der Waals surface area contributed by atoms with Gasteiger partial charge in [-0.15, -0.1) is 0 Å². The highest BCUT2D eigenvalue weighted by Gasteiger charge is 2.06. The third-order valence-electron chi connectivity index (χ3n) is 2.78. The molecule has 0 saturated carbocycles. The van der Waals surface area contributed by atoms with Crippen LogP contribution in [0.1, 0.15) is 11.1 Å². The zero-order valence-corrected chi connectivity index (χ0v) is 11.5. The third-order valence-corrected chi connectivity index (χ3v) is 2.78. The summed E-state index contributed by atoms with van der Waals surface area (Å²) in [6.45, 7) is 0. The zero-order valence-electron chi connectivity index (χ0n) is 11.5. The van der Waals surface area contributed by atoms with E-state index in [-0.39, 0.29) is 23.8 Å². The SMILES string of the molecule is O=C(Cc1ccc([N+](=O)[O-])cc1)N/N=C/c1cccc(O)c1. The van der Waals surface area contributed by atoms with Crippen LogP contribution in [0.4, 0.5) is 5.69 Å². The largest absolute Gasteiger partial charge is 0.508 e. The van der Waals surface area contributed by atoms with Gasteiger partial charge in [-0.3, -0.25) is 14.9 Å². The van der Waals surface area contributed by atoms with E-state index in [9.17, 15) is 20.0 Å². The number of aromatic hydroxyl groups is 1. The van der Waals surface area contributed by atoms with Crippen LogP contribution in [0.5, 0.6) is 5.75 Å². The smallest absolute Gasteiger partial charge is 0.269 e. The number of hydrazone groups is 1. The second-order valence-corrected chi connectivity index (χ2v) is 4.49. The number of nitro groups is 1. The molecule has 0 bridgehead atoms. The fourth-order valence-corrected chi connectivity index (χ4v) is 1.74. The Bertz CT molecular complexity index is 711. The van der Waals surface area contributed by atoms with Crippen molar-refractivity contribution in [3.05, 3.63) is 69.8 Å². The minimum Gasteiger partial charge on any atom is -0.508 e. The molecule has 2 N–H and O–H groups in total.